The number of carbonyl (C=O) groups is 1. The lowest BCUT2D eigenvalue weighted by atomic mass is 9.92. The summed E-state index contributed by atoms with van der Waals surface area (Å²) in [7, 11) is -3.49. The maximum Gasteiger partial charge on any atom is 0.410 e. The number of halogens is 1. The van der Waals surface area contributed by atoms with Crippen LogP contribution in [0.3, 0.4) is 0 Å². The van der Waals surface area contributed by atoms with Gasteiger partial charge < -0.3 is 14.4 Å². The third-order valence-corrected chi connectivity index (χ3v) is 7.30. The van der Waals surface area contributed by atoms with Crippen molar-refractivity contribution < 1.29 is 27.1 Å². The molecule has 34 heavy (non-hydrogen) atoms. The Morgan fingerprint density at radius 2 is 1.76 bits per heavy atom. The molecule has 2 fully saturated rings. The number of hydrogen-bond acceptors (Lipinski definition) is 7. The third kappa shape index (κ3) is 5.48. The number of piperidine rings is 1. The van der Waals surface area contributed by atoms with Crippen LogP contribution in [0.5, 0.6) is 6.01 Å². The Morgan fingerprint density at radius 1 is 1.15 bits per heavy atom. The second-order valence-corrected chi connectivity index (χ2v) is 12.1. The van der Waals surface area contributed by atoms with Gasteiger partial charge in [0.25, 0.3) is 0 Å². The van der Waals surface area contributed by atoms with Crippen molar-refractivity contribution in [2.45, 2.75) is 69.0 Å². The van der Waals surface area contributed by atoms with Crippen molar-refractivity contribution in [3.8, 4) is 17.1 Å². The number of hydrogen-bond donors (Lipinski definition) is 0. The molecule has 1 aromatic heterocycles. The molecule has 2 aliphatic rings. The second-order valence-electron chi connectivity index (χ2n) is 10.1. The van der Waals surface area contributed by atoms with Crippen LogP contribution in [-0.4, -0.2) is 59.9 Å². The molecule has 0 N–H and O–H groups in total. The Hall–Kier alpha value is -2.75. The van der Waals surface area contributed by atoms with Gasteiger partial charge in [-0.15, -0.1) is 0 Å². The van der Waals surface area contributed by atoms with Gasteiger partial charge in [-0.1, -0.05) is 6.07 Å². The Kier molecular flexibility index (Phi) is 6.54. The molecule has 0 spiro atoms. The predicted molar refractivity (Wildman–Crippen MR) is 124 cm³/mol. The van der Waals surface area contributed by atoms with Crippen LogP contribution >= 0.6 is 0 Å². The zero-order chi connectivity index (χ0) is 24.7. The van der Waals surface area contributed by atoms with Crippen LogP contribution in [0.15, 0.2) is 35.5 Å². The molecule has 184 valence electrons. The zero-order valence-electron chi connectivity index (χ0n) is 19.8. The summed E-state index contributed by atoms with van der Waals surface area (Å²) in [4.78, 5) is 22.8. The number of rotatable bonds is 5. The molecule has 2 aliphatic heterocycles. The maximum atomic E-state index is 14.4. The number of sulfone groups is 1. The molecule has 1 aromatic carbocycles. The average Bonchev–Trinajstić information content (AvgIpc) is 3.01. The molecule has 2 bridgehead atoms. The van der Waals surface area contributed by atoms with E-state index in [4.69, 9.17) is 9.47 Å². The molecule has 2 atom stereocenters. The molecule has 4 rings (SSSR count). The van der Waals surface area contributed by atoms with Crippen LogP contribution in [0.4, 0.5) is 9.18 Å². The largest absolute Gasteiger partial charge is 0.463 e. The fraction of sp³-hybridized carbons (Fsp3) is 0.542. The van der Waals surface area contributed by atoms with Crippen LogP contribution in [0, 0.1) is 11.7 Å². The van der Waals surface area contributed by atoms with Crippen LogP contribution in [-0.2, 0) is 14.6 Å². The number of nitrogens with zero attached hydrogens (tertiary/aromatic N) is 3. The van der Waals surface area contributed by atoms with Gasteiger partial charge in [-0.3, -0.25) is 0 Å². The number of fused-ring (bicyclic) bond motifs is 2. The SMILES string of the molecule is CC(C)(C)OC(=O)N1[C@H]2CC[C@H]1CC(COc1ncc(-c3ccc(S(C)(=O)=O)cc3F)cn1)C2. The van der Waals surface area contributed by atoms with Crippen molar-refractivity contribution in [3.63, 3.8) is 0 Å². The molecular formula is C24H30FN3O5S. The van der Waals surface area contributed by atoms with Gasteiger partial charge in [0.05, 0.1) is 11.5 Å². The first kappa shape index (κ1) is 24.4. The van der Waals surface area contributed by atoms with Crippen molar-refractivity contribution in [2.75, 3.05) is 12.9 Å². The molecule has 1 amide bonds. The predicted octanol–water partition coefficient (Wildman–Crippen LogP) is 4.24. The summed E-state index contributed by atoms with van der Waals surface area (Å²) in [6, 6.07) is 4.26. The van der Waals surface area contributed by atoms with E-state index in [9.17, 15) is 17.6 Å². The fourth-order valence-electron chi connectivity index (χ4n) is 4.72. The standard InChI is InChI=1S/C24H30FN3O5S/c1-24(2,3)33-23(29)28-17-5-6-18(28)10-15(9-17)14-32-22-26-12-16(13-27-22)20-8-7-19(11-21(20)25)34(4,30)31/h7-8,11-13,15,17-18H,5-6,9-10,14H2,1-4H3/t17-,18-/m0/s1. The zero-order valence-corrected chi connectivity index (χ0v) is 20.6. The van der Waals surface area contributed by atoms with Crippen molar-refractivity contribution in [1.29, 1.82) is 0 Å². The summed E-state index contributed by atoms with van der Waals surface area (Å²) in [5.41, 5.74) is 0.122. The van der Waals surface area contributed by atoms with Crippen molar-refractivity contribution in [1.82, 2.24) is 14.9 Å². The van der Waals surface area contributed by atoms with Gasteiger partial charge in [0.2, 0.25) is 0 Å². The molecule has 10 heteroatoms. The minimum absolute atomic E-state index is 0.0821. The van der Waals surface area contributed by atoms with Crippen LogP contribution in [0.2, 0.25) is 0 Å². The molecule has 2 saturated heterocycles. The van der Waals surface area contributed by atoms with Gasteiger partial charge in [-0.05, 0) is 64.5 Å². The highest BCUT2D eigenvalue weighted by Gasteiger charge is 2.45. The molecule has 2 aromatic rings. The van der Waals surface area contributed by atoms with E-state index < -0.39 is 21.3 Å². The highest BCUT2D eigenvalue weighted by molar-refractivity contribution is 7.90. The van der Waals surface area contributed by atoms with Crippen LogP contribution in [0.1, 0.15) is 46.5 Å². The second kappa shape index (κ2) is 9.13. The number of ether oxygens (including phenoxy) is 2. The van der Waals surface area contributed by atoms with Crippen molar-refractivity contribution in [3.05, 3.63) is 36.4 Å². The van der Waals surface area contributed by atoms with E-state index in [0.717, 1.165) is 38.0 Å². The molecule has 0 saturated carbocycles. The highest BCUT2D eigenvalue weighted by atomic mass is 32.2. The lowest BCUT2D eigenvalue weighted by Crippen LogP contribution is -2.49. The molecular weight excluding hydrogens is 461 g/mol. The van der Waals surface area contributed by atoms with Gasteiger partial charge in [-0.25, -0.2) is 27.6 Å². The van der Waals surface area contributed by atoms with Crippen molar-refractivity contribution >= 4 is 15.9 Å². The molecule has 3 heterocycles. The number of aromatic nitrogens is 2. The van der Waals surface area contributed by atoms with Crippen molar-refractivity contribution in [2.24, 2.45) is 5.92 Å². The van der Waals surface area contributed by atoms with E-state index in [1.165, 1.54) is 24.5 Å². The highest BCUT2D eigenvalue weighted by Crippen LogP contribution is 2.39. The number of benzene rings is 1. The van der Waals surface area contributed by atoms with E-state index in [0.29, 0.717) is 12.2 Å². The molecule has 0 radical (unpaired) electrons. The first-order valence-corrected chi connectivity index (χ1v) is 13.3. The monoisotopic (exact) mass is 491 g/mol. The average molecular weight is 492 g/mol. The first-order chi connectivity index (χ1) is 15.9. The normalized spacial score (nSPS) is 22.5. The summed E-state index contributed by atoms with van der Waals surface area (Å²) in [6.45, 7) is 6.05. The Balaban J connectivity index is 1.35. The fourth-order valence-corrected chi connectivity index (χ4v) is 5.35. The minimum Gasteiger partial charge on any atom is -0.463 e. The molecule has 0 aliphatic carbocycles. The van der Waals surface area contributed by atoms with Gasteiger partial charge >= 0.3 is 12.1 Å². The van der Waals surface area contributed by atoms with E-state index in [2.05, 4.69) is 9.97 Å². The summed E-state index contributed by atoms with van der Waals surface area (Å²) >= 11 is 0. The number of amides is 1. The van der Waals surface area contributed by atoms with Gasteiger partial charge in [0, 0.05) is 41.9 Å². The summed E-state index contributed by atoms with van der Waals surface area (Å²) < 4.78 is 49.0. The Morgan fingerprint density at radius 3 is 2.29 bits per heavy atom. The Bertz CT molecular complexity index is 1150. The van der Waals surface area contributed by atoms with Gasteiger partial charge in [-0.2, -0.15) is 0 Å². The van der Waals surface area contributed by atoms with E-state index in [-0.39, 0.29) is 40.6 Å². The lowest BCUT2D eigenvalue weighted by Gasteiger charge is -2.39. The summed E-state index contributed by atoms with van der Waals surface area (Å²) in [6.07, 6.45) is 7.31. The summed E-state index contributed by atoms with van der Waals surface area (Å²) in [5.74, 6) is -0.382. The third-order valence-electron chi connectivity index (χ3n) is 6.19. The van der Waals surface area contributed by atoms with E-state index in [1.54, 1.807) is 0 Å². The lowest BCUT2D eigenvalue weighted by molar-refractivity contribution is -0.00125. The quantitative estimate of drug-likeness (QED) is 0.617. The minimum atomic E-state index is -3.49. The smallest absolute Gasteiger partial charge is 0.410 e. The van der Waals surface area contributed by atoms with Gasteiger partial charge in [0.1, 0.15) is 11.4 Å². The van der Waals surface area contributed by atoms with Crippen LogP contribution < -0.4 is 4.74 Å². The Labute approximate surface area is 199 Å². The van der Waals surface area contributed by atoms with Crippen LogP contribution in [0.25, 0.3) is 11.1 Å². The van der Waals surface area contributed by atoms with E-state index in [1.807, 2.05) is 25.7 Å². The maximum absolute atomic E-state index is 14.4. The summed E-state index contributed by atoms with van der Waals surface area (Å²) in [5, 5.41) is 0. The number of carbonyl (C=O) groups excluding carboxylic acids is 1. The van der Waals surface area contributed by atoms with E-state index >= 15 is 0 Å². The molecule has 0 unspecified atom stereocenters. The topological polar surface area (TPSA) is 98.7 Å². The molecule has 8 nitrogen and oxygen atoms in total. The van der Waals surface area contributed by atoms with Gasteiger partial charge in [0.15, 0.2) is 9.84 Å². The first-order valence-electron chi connectivity index (χ1n) is 11.4.